The molecule has 2 fully saturated rings. The number of amides is 1. The van der Waals surface area contributed by atoms with Gasteiger partial charge in [-0.15, -0.1) is 0 Å². The Bertz CT molecular complexity index is 1670. The quantitative estimate of drug-likeness (QED) is 0.267. The van der Waals surface area contributed by atoms with Crippen LogP contribution in [0.3, 0.4) is 0 Å². The molecule has 0 bridgehead atoms. The van der Waals surface area contributed by atoms with E-state index in [0.29, 0.717) is 23.2 Å². The molecule has 1 amide bonds. The van der Waals surface area contributed by atoms with Gasteiger partial charge < -0.3 is 25.0 Å². The van der Waals surface area contributed by atoms with E-state index in [-0.39, 0.29) is 12.1 Å². The summed E-state index contributed by atoms with van der Waals surface area (Å²) in [6.07, 6.45) is 7.71. The highest BCUT2D eigenvalue weighted by Crippen LogP contribution is 2.26. The van der Waals surface area contributed by atoms with Gasteiger partial charge in [-0.1, -0.05) is 18.2 Å². The van der Waals surface area contributed by atoms with Crippen LogP contribution in [0.4, 0.5) is 10.2 Å². The maximum Gasteiger partial charge on any atom is 0.264 e. The average Bonchev–Trinajstić information content (AvgIpc) is 3.05. The van der Waals surface area contributed by atoms with E-state index in [9.17, 15) is 19.1 Å². The van der Waals surface area contributed by atoms with Gasteiger partial charge in [0.15, 0.2) is 0 Å². The van der Waals surface area contributed by atoms with Gasteiger partial charge in [0.1, 0.15) is 17.2 Å². The van der Waals surface area contributed by atoms with Crippen LogP contribution in [0.25, 0.3) is 11.0 Å². The maximum absolute atomic E-state index is 13.8. The summed E-state index contributed by atoms with van der Waals surface area (Å²) in [7, 11) is 0. The third-order valence-electron chi connectivity index (χ3n) is 8.63. The number of halogens is 1. The van der Waals surface area contributed by atoms with Crippen molar-refractivity contribution in [3.8, 4) is 0 Å². The lowest BCUT2D eigenvalue weighted by Crippen LogP contribution is -2.46. The standard InChI is InChI=1S/C33H37FN6O4/c34-24-4-1-3-23(18-24)30(21-41)40-12-2-5-27(33(40)43)32(42)36-19-22-6-11-28-29(17-22)38-31(20-35-28)37-25-7-9-26(10-8-25)39-13-15-44-16-14-39/h1-6,11-12,17-18,20,25-26,30,41H,7-10,13-16,19,21H2,(H,36,42)(H,37,38)/t25-,26-,30-/m1/s1. The third-order valence-corrected chi connectivity index (χ3v) is 8.63. The molecule has 1 saturated heterocycles. The molecule has 230 valence electrons. The van der Waals surface area contributed by atoms with Crippen LogP contribution in [0, 0.1) is 5.82 Å². The Balaban J connectivity index is 1.09. The van der Waals surface area contributed by atoms with E-state index in [0.717, 1.165) is 68.9 Å². The van der Waals surface area contributed by atoms with Gasteiger partial charge in [-0.3, -0.25) is 19.5 Å². The van der Waals surface area contributed by atoms with Gasteiger partial charge in [0, 0.05) is 37.9 Å². The number of anilines is 1. The summed E-state index contributed by atoms with van der Waals surface area (Å²) in [6.45, 7) is 3.44. The Morgan fingerprint density at radius 2 is 1.86 bits per heavy atom. The molecule has 1 saturated carbocycles. The molecule has 2 aromatic carbocycles. The van der Waals surface area contributed by atoms with Crippen LogP contribution in [0.5, 0.6) is 0 Å². The van der Waals surface area contributed by atoms with Gasteiger partial charge in [0.2, 0.25) is 0 Å². The summed E-state index contributed by atoms with van der Waals surface area (Å²) in [6, 6.07) is 14.5. The molecule has 3 heterocycles. The number of carbonyl (C=O) groups excluding carboxylic acids is 1. The molecule has 1 aliphatic carbocycles. The van der Waals surface area contributed by atoms with Gasteiger partial charge in [0.05, 0.1) is 43.1 Å². The molecule has 0 radical (unpaired) electrons. The first-order valence-electron chi connectivity index (χ1n) is 15.2. The molecule has 1 aliphatic heterocycles. The van der Waals surface area contributed by atoms with Gasteiger partial charge in [0.25, 0.3) is 11.5 Å². The summed E-state index contributed by atoms with van der Waals surface area (Å²) in [4.78, 5) is 38.2. The number of fused-ring (bicyclic) bond motifs is 1. The van der Waals surface area contributed by atoms with Crippen molar-refractivity contribution in [2.75, 3.05) is 38.2 Å². The molecule has 4 aromatic rings. The number of aliphatic hydroxyl groups is 1. The number of aliphatic hydroxyl groups excluding tert-OH is 1. The minimum absolute atomic E-state index is 0.0715. The molecule has 6 rings (SSSR count). The van der Waals surface area contributed by atoms with Crippen molar-refractivity contribution in [1.29, 1.82) is 0 Å². The van der Waals surface area contributed by atoms with Crippen molar-refractivity contribution in [3.63, 3.8) is 0 Å². The Morgan fingerprint density at radius 1 is 1.05 bits per heavy atom. The number of nitrogens with zero attached hydrogens (tertiary/aromatic N) is 4. The van der Waals surface area contributed by atoms with Crippen LogP contribution in [-0.2, 0) is 11.3 Å². The van der Waals surface area contributed by atoms with Gasteiger partial charge in [-0.25, -0.2) is 9.37 Å². The number of pyridine rings is 1. The highest BCUT2D eigenvalue weighted by molar-refractivity contribution is 5.93. The molecular formula is C33H37FN6O4. The van der Waals surface area contributed by atoms with Crippen molar-refractivity contribution >= 4 is 22.8 Å². The van der Waals surface area contributed by atoms with E-state index in [4.69, 9.17) is 9.72 Å². The predicted octanol–water partition coefficient (Wildman–Crippen LogP) is 3.50. The molecule has 0 unspecified atom stereocenters. The lowest BCUT2D eigenvalue weighted by atomic mass is 9.90. The normalized spacial score (nSPS) is 19.9. The number of morpholine rings is 1. The second-order valence-electron chi connectivity index (χ2n) is 11.4. The molecule has 10 nitrogen and oxygen atoms in total. The van der Waals surface area contributed by atoms with Crippen molar-refractivity contribution in [1.82, 2.24) is 24.8 Å². The summed E-state index contributed by atoms with van der Waals surface area (Å²) >= 11 is 0. The van der Waals surface area contributed by atoms with Crippen LogP contribution >= 0.6 is 0 Å². The molecule has 2 aromatic heterocycles. The van der Waals surface area contributed by atoms with Crippen LogP contribution in [-0.4, -0.2) is 75.4 Å². The summed E-state index contributed by atoms with van der Waals surface area (Å²) < 4.78 is 20.5. The predicted molar refractivity (Wildman–Crippen MR) is 165 cm³/mol. The fourth-order valence-corrected chi connectivity index (χ4v) is 6.25. The zero-order valence-electron chi connectivity index (χ0n) is 24.5. The van der Waals surface area contributed by atoms with Crippen LogP contribution in [0.2, 0.25) is 0 Å². The van der Waals surface area contributed by atoms with Crippen molar-refractivity contribution in [2.45, 2.75) is 50.4 Å². The van der Waals surface area contributed by atoms with Gasteiger partial charge >= 0.3 is 0 Å². The van der Waals surface area contributed by atoms with E-state index in [1.54, 1.807) is 18.3 Å². The lowest BCUT2D eigenvalue weighted by molar-refractivity contribution is 0.00790. The second-order valence-corrected chi connectivity index (χ2v) is 11.4. The van der Waals surface area contributed by atoms with E-state index >= 15 is 0 Å². The topological polar surface area (TPSA) is 122 Å². The number of nitrogens with one attached hydrogen (secondary N) is 2. The van der Waals surface area contributed by atoms with Crippen molar-refractivity contribution in [3.05, 3.63) is 99.9 Å². The number of hydrogen-bond acceptors (Lipinski definition) is 8. The Labute approximate surface area is 254 Å². The van der Waals surface area contributed by atoms with Crippen LogP contribution in [0.15, 0.2) is 71.8 Å². The van der Waals surface area contributed by atoms with E-state index in [2.05, 4.69) is 20.5 Å². The molecule has 1 atom stereocenters. The highest BCUT2D eigenvalue weighted by Gasteiger charge is 2.27. The zero-order valence-corrected chi connectivity index (χ0v) is 24.5. The van der Waals surface area contributed by atoms with E-state index in [1.165, 1.54) is 35.0 Å². The van der Waals surface area contributed by atoms with Crippen molar-refractivity contribution < 1.29 is 19.0 Å². The van der Waals surface area contributed by atoms with Gasteiger partial charge in [-0.05, 0) is 73.2 Å². The monoisotopic (exact) mass is 600 g/mol. The Kier molecular flexibility index (Phi) is 9.25. The first-order valence-corrected chi connectivity index (χ1v) is 15.2. The largest absolute Gasteiger partial charge is 0.394 e. The first kappa shape index (κ1) is 29.9. The minimum Gasteiger partial charge on any atom is -0.394 e. The summed E-state index contributed by atoms with van der Waals surface area (Å²) in [5.41, 5.74) is 2.06. The lowest BCUT2D eigenvalue weighted by Gasteiger charge is -2.39. The highest BCUT2D eigenvalue weighted by atomic mass is 19.1. The molecular weight excluding hydrogens is 563 g/mol. The zero-order chi connectivity index (χ0) is 30.5. The summed E-state index contributed by atoms with van der Waals surface area (Å²) in [5, 5.41) is 16.4. The van der Waals surface area contributed by atoms with Crippen molar-refractivity contribution in [2.24, 2.45) is 0 Å². The van der Waals surface area contributed by atoms with E-state index < -0.39 is 29.9 Å². The minimum atomic E-state index is -0.826. The number of ether oxygens (including phenoxy) is 1. The Hall–Kier alpha value is -4.19. The number of hydrogen-bond donors (Lipinski definition) is 3. The number of carbonyl (C=O) groups is 1. The smallest absolute Gasteiger partial charge is 0.264 e. The fraction of sp³-hybridized carbons (Fsp3) is 0.394. The maximum atomic E-state index is 13.8. The van der Waals surface area contributed by atoms with Crippen LogP contribution in [0.1, 0.15) is 53.2 Å². The average molecular weight is 601 g/mol. The van der Waals surface area contributed by atoms with E-state index in [1.807, 2.05) is 18.2 Å². The molecule has 2 aliphatic rings. The molecule has 11 heteroatoms. The SMILES string of the molecule is O=C(NCc1ccc2ncc(N[C@H]3CC[C@H](N4CCOCC4)CC3)nc2c1)c1cccn([C@H](CO)c2cccc(F)c2)c1=O. The van der Waals surface area contributed by atoms with Crippen LogP contribution < -0.4 is 16.2 Å². The molecule has 0 spiro atoms. The fourth-order valence-electron chi connectivity index (χ4n) is 6.25. The number of aromatic nitrogens is 3. The molecule has 44 heavy (non-hydrogen) atoms. The summed E-state index contributed by atoms with van der Waals surface area (Å²) in [5.74, 6) is -0.290. The number of benzene rings is 2. The number of rotatable bonds is 9. The third kappa shape index (κ3) is 6.80. The first-order chi connectivity index (χ1) is 21.5. The van der Waals surface area contributed by atoms with Gasteiger partial charge in [-0.2, -0.15) is 0 Å². The Morgan fingerprint density at radius 3 is 2.64 bits per heavy atom. The molecule has 3 N–H and O–H groups in total. The second kappa shape index (κ2) is 13.6.